The maximum absolute atomic E-state index is 5.65. The number of anilines is 1. The molecule has 0 aromatic carbocycles. The quantitative estimate of drug-likeness (QED) is 0.576. The van der Waals surface area contributed by atoms with E-state index in [9.17, 15) is 0 Å². The van der Waals surface area contributed by atoms with Crippen molar-refractivity contribution in [3.05, 3.63) is 52.2 Å². The van der Waals surface area contributed by atoms with E-state index >= 15 is 0 Å². The lowest BCUT2D eigenvalue weighted by Gasteiger charge is -1.90. The van der Waals surface area contributed by atoms with E-state index in [1.54, 1.807) is 30.9 Å². The van der Waals surface area contributed by atoms with Crippen LogP contribution in [0.4, 0.5) is 10.3 Å². The highest BCUT2D eigenvalue weighted by molar-refractivity contribution is 7.13. The van der Waals surface area contributed by atoms with Gasteiger partial charge < -0.3 is 5.73 Å². The van der Waals surface area contributed by atoms with Crippen LogP contribution < -0.4 is 5.73 Å². The monoisotopic (exact) mass is 323 g/mol. The van der Waals surface area contributed by atoms with Crippen LogP contribution in [0, 0.1) is 0 Å². The van der Waals surface area contributed by atoms with Gasteiger partial charge in [0, 0.05) is 41.1 Å². The Balaban J connectivity index is 0.000000205. The fourth-order valence-corrected chi connectivity index (χ4v) is 2.08. The Morgan fingerprint density at radius 1 is 1.10 bits per heavy atom. The predicted octanol–water partition coefficient (Wildman–Crippen LogP) is 3.67. The fourth-order valence-electron chi connectivity index (χ4n) is 1.11. The second-order valence-electron chi connectivity index (χ2n) is 3.36. The van der Waals surface area contributed by atoms with E-state index in [-0.39, 0.29) is 0 Å². The van der Waals surface area contributed by atoms with Crippen molar-refractivity contribution < 1.29 is 0 Å². The van der Waals surface area contributed by atoms with Crippen LogP contribution in [0.5, 0.6) is 0 Å². The van der Waals surface area contributed by atoms with Crippen LogP contribution in [0.15, 0.2) is 46.5 Å². The summed E-state index contributed by atoms with van der Waals surface area (Å²) in [5.74, 6) is 0. The Morgan fingerprint density at radius 3 is 2.40 bits per heavy atom. The van der Waals surface area contributed by atoms with E-state index in [0.29, 0.717) is 10.3 Å². The third kappa shape index (κ3) is 5.04. The van der Waals surface area contributed by atoms with Gasteiger partial charge in [0.2, 0.25) is 5.13 Å². The van der Waals surface area contributed by atoms with Gasteiger partial charge in [-0.2, -0.15) is 0 Å². The van der Waals surface area contributed by atoms with Crippen molar-refractivity contribution in [3.8, 4) is 0 Å². The molecule has 0 radical (unpaired) electrons. The van der Waals surface area contributed by atoms with Gasteiger partial charge in [-0.25, -0.2) is 19.9 Å². The first-order valence-electron chi connectivity index (χ1n) is 5.44. The van der Waals surface area contributed by atoms with Crippen molar-refractivity contribution in [2.75, 3.05) is 5.73 Å². The van der Waals surface area contributed by atoms with E-state index in [0.717, 1.165) is 10.7 Å². The number of nitrogen functional groups attached to an aromatic ring is 1. The van der Waals surface area contributed by atoms with Gasteiger partial charge in [-0.3, -0.25) is 0 Å². The minimum absolute atomic E-state index is 0.483. The van der Waals surface area contributed by atoms with E-state index in [4.69, 9.17) is 17.3 Å². The number of hydrogen-bond donors (Lipinski definition) is 1. The highest BCUT2D eigenvalue weighted by Gasteiger charge is 1.91. The van der Waals surface area contributed by atoms with Crippen LogP contribution in [0.1, 0.15) is 5.56 Å². The van der Waals surface area contributed by atoms with Crippen LogP contribution in [-0.2, 0) is 0 Å². The summed E-state index contributed by atoms with van der Waals surface area (Å²) in [4.78, 5) is 15.8. The summed E-state index contributed by atoms with van der Waals surface area (Å²) in [6.07, 6.45) is 6.78. The molecular formula is C12H10ClN5S2. The number of thiazole rings is 2. The Labute approximate surface area is 128 Å². The highest BCUT2D eigenvalue weighted by Crippen LogP contribution is 2.14. The number of aromatic nitrogens is 3. The molecule has 3 aromatic rings. The van der Waals surface area contributed by atoms with Crippen LogP contribution >= 0.6 is 34.3 Å². The molecule has 0 spiro atoms. The molecule has 0 saturated carbocycles. The van der Waals surface area contributed by atoms with Crippen LogP contribution in [-0.4, -0.2) is 21.2 Å². The van der Waals surface area contributed by atoms with Crippen molar-refractivity contribution in [1.82, 2.24) is 15.0 Å². The summed E-state index contributed by atoms with van der Waals surface area (Å²) in [6.45, 7) is 0. The predicted molar refractivity (Wildman–Crippen MR) is 85.1 cm³/mol. The van der Waals surface area contributed by atoms with Gasteiger partial charge in [0.15, 0.2) is 5.13 Å². The van der Waals surface area contributed by atoms with Crippen molar-refractivity contribution in [2.45, 2.75) is 0 Å². The average molecular weight is 324 g/mol. The highest BCUT2D eigenvalue weighted by atomic mass is 35.5. The van der Waals surface area contributed by atoms with E-state index in [1.165, 1.54) is 22.7 Å². The largest absolute Gasteiger partial charge is 0.375 e. The molecule has 0 unspecified atom stereocenters. The number of hydrogen-bond acceptors (Lipinski definition) is 7. The number of halogens is 1. The number of nitrogens with zero attached hydrogens (tertiary/aromatic N) is 4. The smallest absolute Gasteiger partial charge is 0.208 e. The Hall–Kier alpha value is -1.83. The van der Waals surface area contributed by atoms with Gasteiger partial charge in [0.05, 0.1) is 0 Å². The molecule has 5 nitrogen and oxygen atoms in total. The van der Waals surface area contributed by atoms with E-state index in [2.05, 4.69) is 19.9 Å². The minimum atomic E-state index is 0.483. The molecule has 0 atom stereocenters. The second-order valence-corrected chi connectivity index (χ2v) is 5.54. The summed E-state index contributed by atoms with van der Waals surface area (Å²) < 4.78 is 0. The molecule has 0 saturated heterocycles. The molecule has 0 amide bonds. The number of rotatable bonds is 2. The topological polar surface area (TPSA) is 77.0 Å². The molecule has 0 aliphatic heterocycles. The van der Waals surface area contributed by atoms with Gasteiger partial charge >= 0.3 is 0 Å². The SMILES string of the molecule is Clc1ccc(C=Nc2nccs2)cn1.Nc1nccs1. The zero-order valence-corrected chi connectivity index (χ0v) is 12.6. The minimum Gasteiger partial charge on any atom is -0.375 e. The number of aliphatic imine (C=N–C) groups is 1. The molecule has 102 valence electrons. The summed E-state index contributed by atoms with van der Waals surface area (Å²) in [5, 5.41) is 5.58. The van der Waals surface area contributed by atoms with Crippen molar-refractivity contribution in [2.24, 2.45) is 4.99 Å². The molecule has 0 bridgehead atoms. The summed E-state index contributed by atoms with van der Waals surface area (Å²) in [6, 6.07) is 3.58. The van der Waals surface area contributed by atoms with Crippen molar-refractivity contribution >= 4 is 50.8 Å². The Morgan fingerprint density at radius 2 is 1.90 bits per heavy atom. The molecule has 3 rings (SSSR count). The van der Waals surface area contributed by atoms with Crippen molar-refractivity contribution in [1.29, 1.82) is 0 Å². The maximum atomic E-state index is 5.65. The third-order valence-corrected chi connectivity index (χ3v) is 3.45. The lowest BCUT2D eigenvalue weighted by Crippen LogP contribution is -1.82. The molecule has 8 heteroatoms. The fraction of sp³-hybridized carbons (Fsp3) is 0. The first kappa shape index (κ1) is 14.6. The van der Waals surface area contributed by atoms with Gasteiger partial charge in [-0.1, -0.05) is 11.6 Å². The molecule has 20 heavy (non-hydrogen) atoms. The van der Waals surface area contributed by atoms with Gasteiger partial charge in [0.25, 0.3) is 0 Å². The molecule has 3 aromatic heterocycles. The molecular weight excluding hydrogens is 314 g/mol. The molecule has 3 heterocycles. The zero-order valence-electron chi connectivity index (χ0n) is 10.2. The first-order chi connectivity index (χ1) is 9.74. The second kappa shape index (κ2) is 7.68. The van der Waals surface area contributed by atoms with Gasteiger partial charge in [0.1, 0.15) is 5.15 Å². The Bertz CT molecular complexity index is 635. The van der Waals surface area contributed by atoms with Crippen LogP contribution in [0.2, 0.25) is 5.15 Å². The lowest BCUT2D eigenvalue weighted by molar-refractivity contribution is 1.31. The summed E-state index contributed by atoms with van der Waals surface area (Å²) in [5.41, 5.74) is 6.09. The standard InChI is InChI=1S/C9H6ClN3S.C3H4N2S/c10-8-2-1-7(5-12-8)6-13-9-11-3-4-14-9;4-3-5-1-2-6-3/h1-6H;1-2H,(H2,4,5). The molecule has 0 fully saturated rings. The normalized spacial score (nSPS) is 10.2. The van der Waals surface area contributed by atoms with Gasteiger partial charge in [-0.05, 0) is 12.1 Å². The third-order valence-electron chi connectivity index (χ3n) is 1.95. The summed E-state index contributed by atoms with van der Waals surface area (Å²) >= 11 is 8.58. The molecule has 2 N–H and O–H groups in total. The average Bonchev–Trinajstić information content (AvgIpc) is 3.12. The lowest BCUT2D eigenvalue weighted by atomic mass is 10.3. The Kier molecular flexibility index (Phi) is 5.60. The zero-order chi connectivity index (χ0) is 14.2. The number of pyridine rings is 1. The number of nitrogens with two attached hydrogens (primary N) is 1. The van der Waals surface area contributed by atoms with E-state index < -0.39 is 0 Å². The summed E-state index contributed by atoms with van der Waals surface area (Å²) in [7, 11) is 0. The molecule has 0 aliphatic rings. The maximum Gasteiger partial charge on any atom is 0.208 e. The van der Waals surface area contributed by atoms with E-state index in [1.807, 2.05) is 16.8 Å². The van der Waals surface area contributed by atoms with Crippen LogP contribution in [0.25, 0.3) is 0 Å². The van der Waals surface area contributed by atoms with Crippen LogP contribution in [0.3, 0.4) is 0 Å². The molecule has 0 aliphatic carbocycles. The van der Waals surface area contributed by atoms with Crippen molar-refractivity contribution in [3.63, 3.8) is 0 Å². The first-order valence-corrected chi connectivity index (χ1v) is 7.58. The van der Waals surface area contributed by atoms with Gasteiger partial charge in [-0.15, -0.1) is 22.7 Å².